The second kappa shape index (κ2) is 8.61. The third-order valence-corrected chi connectivity index (χ3v) is 4.83. The van der Waals surface area contributed by atoms with Gasteiger partial charge in [-0.2, -0.15) is 0 Å². The first-order valence-electron chi connectivity index (χ1n) is 9.01. The molecule has 0 radical (unpaired) electrons. The molecule has 0 aliphatic carbocycles. The maximum atomic E-state index is 12.9. The number of likely N-dealkylation sites (tertiary alicyclic amines) is 1. The Labute approximate surface area is 153 Å². The molecule has 1 saturated heterocycles. The van der Waals surface area contributed by atoms with Crippen molar-refractivity contribution in [2.75, 3.05) is 18.4 Å². The van der Waals surface area contributed by atoms with Crippen LogP contribution in [0.4, 0.5) is 10.1 Å². The van der Waals surface area contributed by atoms with E-state index in [2.05, 4.69) is 5.32 Å². The van der Waals surface area contributed by atoms with Crippen molar-refractivity contribution in [1.29, 1.82) is 0 Å². The minimum absolute atomic E-state index is 0.0561. The molecule has 1 aliphatic rings. The lowest BCUT2D eigenvalue weighted by molar-refractivity contribution is -0.116. The fourth-order valence-electron chi connectivity index (χ4n) is 3.28. The number of nitrogens with zero attached hydrogens (tertiary/aromatic N) is 1. The minimum atomic E-state index is -0.320. The predicted molar refractivity (Wildman–Crippen MR) is 99.3 cm³/mol. The lowest BCUT2D eigenvalue weighted by Crippen LogP contribution is -2.38. The molecule has 4 nitrogen and oxygen atoms in total. The summed E-state index contributed by atoms with van der Waals surface area (Å²) in [5.41, 5.74) is 1.34. The molecule has 1 fully saturated rings. The van der Waals surface area contributed by atoms with Gasteiger partial charge in [-0.3, -0.25) is 9.59 Å². The summed E-state index contributed by atoms with van der Waals surface area (Å²) in [7, 11) is 0. The van der Waals surface area contributed by atoms with E-state index in [0.29, 0.717) is 18.0 Å². The number of anilines is 1. The second-order valence-electron chi connectivity index (χ2n) is 6.70. The number of nitrogens with one attached hydrogen (secondary N) is 1. The summed E-state index contributed by atoms with van der Waals surface area (Å²) < 4.78 is 12.9. The molecular weight excluding hydrogens is 331 g/mol. The van der Waals surface area contributed by atoms with Crippen LogP contribution in [0.25, 0.3) is 0 Å². The van der Waals surface area contributed by atoms with Crippen LogP contribution < -0.4 is 5.32 Å². The maximum absolute atomic E-state index is 12.9. The van der Waals surface area contributed by atoms with Crippen molar-refractivity contribution in [2.24, 2.45) is 5.92 Å². The summed E-state index contributed by atoms with van der Waals surface area (Å²) >= 11 is 0. The number of amides is 2. The fourth-order valence-corrected chi connectivity index (χ4v) is 3.28. The molecule has 3 rings (SSSR count). The highest BCUT2D eigenvalue weighted by atomic mass is 19.1. The zero-order valence-corrected chi connectivity index (χ0v) is 14.7. The van der Waals surface area contributed by atoms with Gasteiger partial charge in [0.2, 0.25) is 5.91 Å². The number of hydrogen-bond acceptors (Lipinski definition) is 2. The van der Waals surface area contributed by atoms with Crippen LogP contribution in [0.1, 0.15) is 36.0 Å². The van der Waals surface area contributed by atoms with Crippen LogP contribution in [0, 0.1) is 11.7 Å². The van der Waals surface area contributed by atoms with Crippen LogP contribution >= 0.6 is 0 Å². The highest BCUT2D eigenvalue weighted by Crippen LogP contribution is 2.23. The molecule has 26 heavy (non-hydrogen) atoms. The van der Waals surface area contributed by atoms with Crippen LogP contribution in [0.3, 0.4) is 0 Å². The molecule has 0 spiro atoms. The van der Waals surface area contributed by atoms with Gasteiger partial charge in [0.25, 0.3) is 5.91 Å². The Bertz CT molecular complexity index is 738. The first-order chi connectivity index (χ1) is 12.6. The SMILES string of the molecule is O=C(CCC1CCN(C(=O)c2ccccc2)CC1)Nc1ccc(F)cc1. The Morgan fingerprint density at radius 2 is 1.65 bits per heavy atom. The zero-order chi connectivity index (χ0) is 18.4. The van der Waals surface area contributed by atoms with Crippen molar-refractivity contribution in [3.63, 3.8) is 0 Å². The molecule has 0 saturated carbocycles. The topological polar surface area (TPSA) is 49.4 Å². The van der Waals surface area contributed by atoms with Crippen LogP contribution in [-0.4, -0.2) is 29.8 Å². The van der Waals surface area contributed by atoms with Crippen LogP contribution in [0.5, 0.6) is 0 Å². The molecule has 0 atom stereocenters. The summed E-state index contributed by atoms with van der Waals surface area (Å²) in [6, 6.07) is 15.1. The smallest absolute Gasteiger partial charge is 0.253 e. The van der Waals surface area contributed by atoms with Gasteiger partial charge >= 0.3 is 0 Å². The molecule has 1 heterocycles. The maximum Gasteiger partial charge on any atom is 0.253 e. The third kappa shape index (κ3) is 4.91. The minimum Gasteiger partial charge on any atom is -0.339 e. The first-order valence-corrected chi connectivity index (χ1v) is 9.01. The van der Waals surface area contributed by atoms with Gasteiger partial charge in [0, 0.05) is 30.8 Å². The molecule has 2 aromatic carbocycles. The van der Waals surface area contributed by atoms with E-state index in [0.717, 1.165) is 37.9 Å². The Morgan fingerprint density at radius 3 is 2.31 bits per heavy atom. The molecule has 0 aromatic heterocycles. The van der Waals surface area contributed by atoms with E-state index in [9.17, 15) is 14.0 Å². The number of carbonyl (C=O) groups excluding carboxylic acids is 2. The monoisotopic (exact) mass is 354 g/mol. The van der Waals surface area contributed by atoms with Gasteiger partial charge in [-0.1, -0.05) is 18.2 Å². The lowest BCUT2D eigenvalue weighted by Gasteiger charge is -2.32. The molecular formula is C21H23FN2O2. The first kappa shape index (κ1) is 18.1. The van der Waals surface area contributed by atoms with Crippen LogP contribution in [0.15, 0.2) is 54.6 Å². The van der Waals surface area contributed by atoms with E-state index >= 15 is 0 Å². The molecule has 1 aliphatic heterocycles. The van der Waals surface area contributed by atoms with Gasteiger partial charge in [-0.05, 0) is 61.6 Å². The van der Waals surface area contributed by atoms with E-state index in [1.807, 2.05) is 35.2 Å². The van der Waals surface area contributed by atoms with E-state index < -0.39 is 0 Å². The number of benzene rings is 2. The molecule has 136 valence electrons. The third-order valence-electron chi connectivity index (χ3n) is 4.83. The fraction of sp³-hybridized carbons (Fsp3) is 0.333. The van der Waals surface area contributed by atoms with Crippen LogP contribution in [0.2, 0.25) is 0 Å². The summed E-state index contributed by atoms with van der Waals surface area (Å²) in [5, 5.41) is 2.79. The van der Waals surface area contributed by atoms with Gasteiger partial charge in [0.05, 0.1) is 0 Å². The number of rotatable bonds is 5. The van der Waals surface area contributed by atoms with Crippen molar-refractivity contribution >= 4 is 17.5 Å². The number of hydrogen-bond donors (Lipinski definition) is 1. The lowest BCUT2D eigenvalue weighted by atomic mass is 9.91. The molecule has 2 aromatic rings. The predicted octanol–water partition coefficient (Wildman–Crippen LogP) is 4.10. The molecule has 0 unspecified atom stereocenters. The van der Waals surface area contributed by atoms with Gasteiger partial charge < -0.3 is 10.2 Å². The average Bonchev–Trinajstić information content (AvgIpc) is 2.69. The Kier molecular flexibility index (Phi) is 6.00. The van der Waals surface area contributed by atoms with E-state index in [1.165, 1.54) is 12.1 Å². The summed E-state index contributed by atoms with van der Waals surface area (Å²) in [4.78, 5) is 26.4. The van der Waals surface area contributed by atoms with Gasteiger partial charge in [0.1, 0.15) is 5.82 Å². The van der Waals surface area contributed by atoms with E-state index in [1.54, 1.807) is 12.1 Å². The normalized spacial score (nSPS) is 14.9. The molecule has 5 heteroatoms. The highest BCUT2D eigenvalue weighted by Gasteiger charge is 2.23. The average molecular weight is 354 g/mol. The Hall–Kier alpha value is -2.69. The van der Waals surface area contributed by atoms with Gasteiger partial charge in [-0.15, -0.1) is 0 Å². The number of halogens is 1. The Balaban J connectivity index is 1.40. The summed E-state index contributed by atoms with van der Waals surface area (Å²) in [5.74, 6) is 0.158. The summed E-state index contributed by atoms with van der Waals surface area (Å²) in [6.07, 6.45) is 3.08. The largest absolute Gasteiger partial charge is 0.339 e. The van der Waals surface area contributed by atoms with E-state index in [4.69, 9.17) is 0 Å². The van der Waals surface area contributed by atoms with Gasteiger partial charge in [0.15, 0.2) is 0 Å². The Morgan fingerprint density at radius 1 is 1.00 bits per heavy atom. The standard InChI is InChI=1S/C21H23FN2O2/c22-18-7-9-19(10-8-18)23-20(25)11-6-16-12-14-24(15-13-16)21(26)17-4-2-1-3-5-17/h1-5,7-10,16H,6,11-15H2,(H,23,25). The number of carbonyl (C=O) groups is 2. The van der Waals surface area contributed by atoms with Crippen molar-refractivity contribution in [2.45, 2.75) is 25.7 Å². The van der Waals surface area contributed by atoms with Gasteiger partial charge in [-0.25, -0.2) is 4.39 Å². The van der Waals surface area contributed by atoms with Crippen molar-refractivity contribution in [3.8, 4) is 0 Å². The zero-order valence-electron chi connectivity index (χ0n) is 14.7. The van der Waals surface area contributed by atoms with Crippen LogP contribution in [-0.2, 0) is 4.79 Å². The quantitative estimate of drug-likeness (QED) is 0.879. The van der Waals surface area contributed by atoms with Crippen molar-refractivity contribution < 1.29 is 14.0 Å². The second-order valence-corrected chi connectivity index (χ2v) is 6.70. The molecule has 2 amide bonds. The van der Waals surface area contributed by atoms with Crippen molar-refractivity contribution in [1.82, 2.24) is 4.90 Å². The highest BCUT2D eigenvalue weighted by molar-refractivity contribution is 5.94. The van der Waals surface area contributed by atoms with E-state index in [-0.39, 0.29) is 17.6 Å². The molecule has 0 bridgehead atoms. The molecule has 1 N–H and O–H groups in total. The summed E-state index contributed by atoms with van der Waals surface area (Å²) in [6.45, 7) is 1.47. The number of piperidine rings is 1. The van der Waals surface area contributed by atoms with Crippen molar-refractivity contribution in [3.05, 3.63) is 66.0 Å².